The summed E-state index contributed by atoms with van der Waals surface area (Å²) in [6.07, 6.45) is 6.18. The van der Waals surface area contributed by atoms with Crippen LogP contribution in [0.1, 0.15) is 95.7 Å². The number of carbonyl (C=O) groups excluding carboxylic acids is 1. The minimum Gasteiger partial charge on any atom is -0.481 e. The standard InChI is InChI=1S/C33H46N4O6/c1-7-20-19(6)32(42)37-27(20)14-25-18(5)23(10-12-31(40)41)29(35-25)15-28-22(9-11-30(38)39)17(4)24(34-28)13-26-16(3)21(8-2)33(43)36-26/h14-15,19-20,24,26,32,34-35,37,42H,7-13H2,1-6H3,(H,36,43)(H,38,39)(H,40,41)/b27-14+,28-15-/t19-,20-,24?,26-,32+/m1/s1. The Labute approximate surface area is 253 Å². The highest BCUT2D eigenvalue weighted by Gasteiger charge is 2.35. The molecule has 10 heteroatoms. The lowest BCUT2D eigenvalue weighted by Crippen LogP contribution is -2.36. The SMILES string of the molecule is CCC1=C(C)[C@@H](CC2N/C(=C\c3[nH]c(/C=C4/N[C@@H](O)[C@H](C)[C@H]4CC)c(C)c3CCC(=O)O)C(CCC(=O)O)=C2C)NC1=O. The number of carboxylic acid groups (broad SMARTS) is 2. The zero-order valence-electron chi connectivity index (χ0n) is 26.1. The number of allylic oxidation sites excluding steroid dienone is 2. The number of hydrogen-bond acceptors (Lipinski definition) is 6. The summed E-state index contributed by atoms with van der Waals surface area (Å²) in [4.78, 5) is 39.1. The molecule has 1 fully saturated rings. The molecule has 3 aliphatic heterocycles. The van der Waals surface area contributed by atoms with Crippen LogP contribution in [-0.4, -0.2) is 56.5 Å². The van der Waals surface area contributed by atoms with E-state index in [-0.39, 0.29) is 42.7 Å². The number of rotatable bonds is 12. The molecule has 4 heterocycles. The Morgan fingerprint density at radius 1 is 0.860 bits per heavy atom. The van der Waals surface area contributed by atoms with Crippen LogP contribution in [0.25, 0.3) is 12.2 Å². The second kappa shape index (κ2) is 13.2. The van der Waals surface area contributed by atoms with Crippen LogP contribution in [0.2, 0.25) is 0 Å². The van der Waals surface area contributed by atoms with Crippen molar-refractivity contribution in [2.24, 2.45) is 11.8 Å². The van der Waals surface area contributed by atoms with Gasteiger partial charge in [-0.2, -0.15) is 0 Å². The van der Waals surface area contributed by atoms with E-state index in [9.17, 15) is 29.7 Å². The van der Waals surface area contributed by atoms with Gasteiger partial charge in [0, 0.05) is 59.1 Å². The van der Waals surface area contributed by atoms with Gasteiger partial charge in [0.1, 0.15) is 6.23 Å². The zero-order chi connectivity index (χ0) is 31.6. The van der Waals surface area contributed by atoms with E-state index in [1.165, 1.54) is 0 Å². The number of H-pyrrole nitrogens is 1. The lowest BCUT2D eigenvalue weighted by molar-refractivity contribution is -0.138. The first-order chi connectivity index (χ1) is 20.4. The molecule has 0 aliphatic carbocycles. The van der Waals surface area contributed by atoms with E-state index in [0.717, 1.165) is 62.6 Å². The lowest BCUT2D eigenvalue weighted by atomic mass is 9.91. The average Bonchev–Trinajstić information content (AvgIpc) is 3.59. The topological polar surface area (TPSA) is 164 Å². The van der Waals surface area contributed by atoms with Gasteiger partial charge in [-0.15, -0.1) is 0 Å². The first kappa shape index (κ1) is 32.1. The number of aliphatic hydroxyl groups excluding tert-OH is 1. The first-order valence-corrected chi connectivity index (χ1v) is 15.4. The third kappa shape index (κ3) is 6.74. The molecule has 5 atom stereocenters. The lowest BCUT2D eigenvalue weighted by Gasteiger charge is -2.20. The number of carboxylic acids is 2. The Bertz CT molecular complexity index is 1410. The van der Waals surface area contributed by atoms with Gasteiger partial charge in [-0.05, 0) is 92.9 Å². The van der Waals surface area contributed by atoms with Crippen LogP contribution >= 0.6 is 0 Å². The van der Waals surface area contributed by atoms with Crippen molar-refractivity contribution < 1.29 is 29.7 Å². The van der Waals surface area contributed by atoms with Crippen LogP contribution in [0.15, 0.2) is 33.7 Å². The van der Waals surface area contributed by atoms with E-state index < -0.39 is 18.2 Å². The second-order valence-electron chi connectivity index (χ2n) is 12.1. The first-order valence-electron chi connectivity index (χ1n) is 15.4. The van der Waals surface area contributed by atoms with Crippen LogP contribution in [0, 0.1) is 18.8 Å². The van der Waals surface area contributed by atoms with Crippen LogP contribution in [0.3, 0.4) is 0 Å². The molecule has 0 saturated carbocycles. The molecule has 234 valence electrons. The number of aliphatic hydroxyl groups is 1. The van der Waals surface area contributed by atoms with Crippen molar-refractivity contribution >= 4 is 30.0 Å². The summed E-state index contributed by atoms with van der Waals surface area (Å²) in [5, 5.41) is 39.3. The molecular weight excluding hydrogens is 548 g/mol. The molecule has 0 spiro atoms. The summed E-state index contributed by atoms with van der Waals surface area (Å²) >= 11 is 0. The smallest absolute Gasteiger partial charge is 0.303 e. The molecule has 4 rings (SSSR count). The average molecular weight is 595 g/mol. The van der Waals surface area contributed by atoms with Crippen molar-refractivity contribution in [3.63, 3.8) is 0 Å². The van der Waals surface area contributed by atoms with E-state index in [0.29, 0.717) is 25.7 Å². The fraction of sp³-hybridized carbons (Fsp3) is 0.545. The molecule has 1 aromatic rings. The fourth-order valence-corrected chi connectivity index (χ4v) is 6.84. The Balaban J connectivity index is 1.72. The van der Waals surface area contributed by atoms with E-state index in [1.807, 2.05) is 46.8 Å². The summed E-state index contributed by atoms with van der Waals surface area (Å²) in [7, 11) is 0. The Kier molecular flexibility index (Phi) is 9.89. The summed E-state index contributed by atoms with van der Waals surface area (Å²) < 4.78 is 0. The third-order valence-corrected chi connectivity index (χ3v) is 9.56. The van der Waals surface area contributed by atoms with E-state index in [2.05, 4.69) is 27.9 Å². The maximum Gasteiger partial charge on any atom is 0.303 e. The number of nitrogens with one attached hydrogen (secondary N) is 4. The van der Waals surface area contributed by atoms with E-state index in [1.54, 1.807) is 0 Å². The van der Waals surface area contributed by atoms with Crippen molar-refractivity contribution in [3.05, 3.63) is 56.2 Å². The van der Waals surface area contributed by atoms with Gasteiger partial charge < -0.3 is 36.3 Å². The van der Waals surface area contributed by atoms with Crippen molar-refractivity contribution in [2.45, 2.75) is 105 Å². The number of hydrogen-bond donors (Lipinski definition) is 7. The summed E-state index contributed by atoms with van der Waals surface area (Å²) in [5.74, 6) is -1.54. The number of amides is 1. The van der Waals surface area contributed by atoms with Crippen LogP contribution in [0.4, 0.5) is 0 Å². The molecule has 3 aliphatic rings. The maximum atomic E-state index is 12.5. The van der Waals surface area contributed by atoms with Gasteiger partial charge in [-0.1, -0.05) is 20.8 Å². The molecule has 0 radical (unpaired) electrons. The predicted octanol–water partition coefficient (Wildman–Crippen LogP) is 4.37. The molecule has 43 heavy (non-hydrogen) atoms. The molecule has 1 unspecified atom stereocenters. The van der Waals surface area contributed by atoms with E-state index >= 15 is 0 Å². The molecule has 1 aromatic heterocycles. The molecule has 7 N–H and O–H groups in total. The van der Waals surface area contributed by atoms with E-state index in [4.69, 9.17) is 0 Å². The number of aromatic amines is 1. The summed E-state index contributed by atoms with van der Waals surface area (Å²) in [6.45, 7) is 12.1. The zero-order valence-corrected chi connectivity index (χ0v) is 26.1. The predicted molar refractivity (Wildman–Crippen MR) is 166 cm³/mol. The normalized spacial score (nSPS) is 27.3. The molecular formula is C33H46N4O6. The third-order valence-electron chi connectivity index (χ3n) is 9.56. The van der Waals surface area contributed by atoms with Crippen LogP contribution < -0.4 is 16.0 Å². The fourth-order valence-electron chi connectivity index (χ4n) is 6.84. The second-order valence-corrected chi connectivity index (χ2v) is 12.1. The Morgan fingerprint density at radius 3 is 2.09 bits per heavy atom. The quantitative estimate of drug-likeness (QED) is 0.188. The molecule has 10 nitrogen and oxygen atoms in total. The minimum atomic E-state index is -0.884. The van der Waals surface area contributed by atoms with Crippen LogP contribution in [-0.2, 0) is 20.8 Å². The van der Waals surface area contributed by atoms with Gasteiger partial charge in [0.25, 0.3) is 0 Å². The summed E-state index contributed by atoms with van der Waals surface area (Å²) in [6, 6.07) is -0.196. The van der Waals surface area contributed by atoms with Gasteiger partial charge in [0.15, 0.2) is 0 Å². The van der Waals surface area contributed by atoms with Gasteiger partial charge in [-0.25, -0.2) is 0 Å². The molecule has 1 saturated heterocycles. The largest absolute Gasteiger partial charge is 0.481 e. The number of aliphatic carboxylic acids is 2. The number of carbonyl (C=O) groups is 3. The highest BCUT2D eigenvalue weighted by atomic mass is 16.4. The van der Waals surface area contributed by atoms with Crippen molar-refractivity contribution in [1.82, 2.24) is 20.9 Å². The molecule has 1 amide bonds. The Hall–Kier alpha value is -3.79. The van der Waals surface area contributed by atoms with Crippen molar-refractivity contribution in [1.29, 1.82) is 0 Å². The molecule has 0 aromatic carbocycles. The van der Waals surface area contributed by atoms with Gasteiger partial charge in [-0.3, -0.25) is 14.4 Å². The van der Waals surface area contributed by atoms with Crippen molar-refractivity contribution in [2.75, 3.05) is 0 Å². The summed E-state index contributed by atoms with van der Waals surface area (Å²) in [5.41, 5.74) is 9.02. The van der Waals surface area contributed by atoms with Gasteiger partial charge >= 0.3 is 11.9 Å². The Morgan fingerprint density at radius 2 is 1.49 bits per heavy atom. The minimum absolute atomic E-state index is 0.0188. The van der Waals surface area contributed by atoms with Crippen molar-refractivity contribution in [3.8, 4) is 0 Å². The highest BCUT2D eigenvalue weighted by molar-refractivity contribution is 5.97. The maximum absolute atomic E-state index is 12.5. The van der Waals surface area contributed by atoms with Gasteiger partial charge in [0.05, 0.1) is 6.04 Å². The van der Waals surface area contributed by atoms with Gasteiger partial charge in [0.2, 0.25) is 5.91 Å². The monoisotopic (exact) mass is 594 g/mol. The van der Waals surface area contributed by atoms with Crippen LogP contribution in [0.5, 0.6) is 0 Å². The highest BCUT2D eigenvalue weighted by Crippen LogP contribution is 2.36. The molecule has 0 bridgehead atoms. The number of aromatic nitrogens is 1.